The molecule has 2 aromatic heterocycles. The first-order valence-corrected chi connectivity index (χ1v) is 7.81. The summed E-state index contributed by atoms with van der Waals surface area (Å²) in [6.07, 6.45) is 0.414. The van der Waals surface area contributed by atoms with Gasteiger partial charge in [-0.2, -0.15) is 0 Å². The predicted molar refractivity (Wildman–Crippen MR) is 84.7 cm³/mol. The summed E-state index contributed by atoms with van der Waals surface area (Å²) in [5.74, 6) is 0.621. The van der Waals surface area contributed by atoms with E-state index in [4.69, 9.17) is 0 Å². The van der Waals surface area contributed by atoms with Gasteiger partial charge in [0.2, 0.25) is 5.91 Å². The number of hydrogen-bond donors (Lipinski definition) is 3. The lowest BCUT2D eigenvalue weighted by molar-refractivity contribution is -0.120. The second-order valence-corrected chi connectivity index (χ2v) is 6.06. The number of nitrogens with zero attached hydrogens (tertiary/aromatic N) is 1. The average Bonchev–Trinajstić information content (AvgIpc) is 2.71. The number of thiophene rings is 1. The normalized spacial score (nSPS) is 11.0. The average molecular weight is 308 g/mol. The minimum atomic E-state index is -0.0950. The smallest absolute Gasteiger partial charge is 0.259 e. The molecule has 6 nitrogen and oxygen atoms in total. The number of carbonyl (C=O) groups excluding carboxylic acids is 1. The number of fused-ring (bicyclic) bond motifs is 1. The third kappa shape index (κ3) is 3.68. The van der Waals surface area contributed by atoms with E-state index in [9.17, 15) is 9.59 Å². The van der Waals surface area contributed by atoms with E-state index >= 15 is 0 Å². The fraction of sp³-hybridized carbons (Fsp3) is 0.500. The van der Waals surface area contributed by atoms with Crippen molar-refractivity contribution in [3.05, 3.63) is 26.6 Å². The fourth-order valence-electron chi connectivity index (χ4n) is 2.08. The quantitative estimate of drug-likeness (QED) is 0.700. The van der Waals surface area contributed by atoms with Crippen LogP contribution in [0.4, 0.5) is 0 Å². The van der Waals surface area contributed by atoms with Gasteiger partial charge in [-0.1, -0.05) is 0 Å². The van der Waals surface area contributed by atoms with Gasteiger partial charge >= 0.3 is 0 Å². The number of hydrogen-bond acceptors (Lipinski definition) is 5. The summed E-state index contributed by atoms with van der Waals surface area (Å²) in [6, 6.07) is 0. The predicted octanol–water partition coefficient (Wildman–Crippen LogP) is 1.22. The summed E-state index contributed by atoms with van der Waals surface area (Å²) in [5, 5.41) is 6.54. The number of aromatic nitrogens is 2. The highest BCUT2D eigenvalue weighted by Gasteiger charge is 2.11. The van der Waals surface area contributed by atoms with Gasteiger partial charge in [-0.25, -0.2) is 4.98 Å². The number of H-pyrrole nitrogens is 1. The van der Waals surface area contributed by atoms with Crippen molar-refractivity contribution in [3.63, 3.8) is 0 Å². The standard InChI is InChI=1S/C14H20N4O2S/c1-4-16-11(19)5-6-15-7-10-17-13(20)12-8(2)9(3)21-14(12)18-10/h15H,4-7H2,1-3H3,(H,16,19)(H,17,18,20). The van der Waals surface area contributed by atoms with Gasteiger partial charge in [0, 0.05) is 24.4 Å². The summed E-state index contributed by atoms with van der Waals surface area (Å²) >= 11 is 1.53. The summed E-state index contributed by atoms with van der Waals surface area (Å²) in [5.41, 5.74) is 0.905. The van der Waals surface area contributed by atoms with E-state index in [1.807, 2.05) is 20.8 Å². The van der Waals surface area contributed by atoms with E-state index in [0.717, 1.165) is 15.3 Å². The van der Waals surface area contributed by atoms with Crippen molar-refractivity contribution in [1.29, 1.82) is 0 Å². The summed E-state index contributed by atoms with van der Waals surface area (Å²) in [7, 11) is 0. The molecular weight excluding hydrogens is 288 g/mol. The number of carbonyl (C=O) groups is 1. The maximum Gasteiger partial charge on any atom is 0.259 e. The Labute approximate surface area is 127 Å². The molecule has 114 valence electrons. The Morgan fingerprint density at radius 1 is 1.38 bits per heavy atom. The first kappa shape index (κ1) is 15.7. The molecule has 0 aliphatic rings. The monoisotopic (exact) mass is 308 g/mol. The summed E-state index contributed by atoms with van der Waals surface area (Å²) < 4.78 is 0. The minimum Gasteiger partial charge on any atom is -0.356 e. The molecule has 0 aliphatic carbocycles. The second-order valence-electron chi connectivity index (χ2n) is 4.86. The highest BCUT2D eigenvalue weighted by Crippen LogP contribution is 2.25. The Morgan fingerprint density at radius 3 is 2.86 bits per heavy atom. The number of aromatic amines is 1. The van der Waals surface area contributed by atoms with Crippen LogP contribution in [0.1, 0.15) is 29.6 Å². The third-order valence-corrected chi connectivity index (χ3v) is 4.38. The van der Waals surface area contributed by atoms with Crippen molar-refractivity contribution < 1.29 is 4.79 Å². The molecule has 2 rings (SSSR count). The van der Waals surface area contributed by atoms with Crippen LogP contribution < -0.4 is 16.2 Å². The van der Waals surface area contributed by atoms with E-state index < -0.39 is 0 Å². The lowest BCUT2D eigenvalue weighted by Crippen LogP contribution is -2.28. The zero-order valence-corrected chi connectivity index (χ0v) is 13.3. The summed E-state index contributed by atoms with van der Waals surface area (Å²) in [4.78, 5) is 32.5. The van der Waals surface area contributed by atoms with Crippen LogP contribution >= 0.6 is 11.3 Å². The molecule has 0 bridgehead atoms. The van der Waals surface area contributed by atoms with Crippen molar-refractivity contribution in [2.75, 3.05) is 13.1 Å². The molecule has 0 spiro atoms. The van der Waals surface area contributed by atoms with Crippen LogP contribution in [0.3, 0.4) is 0 Å². The van der Waals surface area contributed by atoms with E-state index in [1.165, 1.54) is 11.3 Å². The van der Waals surface area contributed by atoms with Crippen molar-refractivity contribution >= 4 is 27.5 Å². The fourth-order valence-corrected chi connectivity index (χ4v) is 3.13. The van der Waals surface area contributed by atoms with Crippen LogP contribution in [0.2, 0.25) is 0 Å². The number of aryl methyl sites for hydroxylation is 2. The highest BCUT2D eigenvalue weighted by atomic mass is 32.1. The Hall–Kier alpha value is -1.73. The largest absolute Gasteiger partial charge is 0.356 e. The molecule has 7 heteroatoms. The zero-order chi connectivity index (χ0) is 15.4. The first-order chi connectivity index (χ1) is 10.0. The maximum atomic E-state index is 12.1. The van der Waals surface area contributed by atoms with Gasteiger partial charge in [-0.3, -0.25) is 9.59 Å². The van der Waals surface area contributed by atoms with E-state index in [1.54, 1.807) is 0 Å². The zero-order valence-electron chi connectivity index (χ0n) is 12.5. The Balaban J connectivity index is 2.00. The van der Waals surface area contributed by atoms with E-state index in [2.05, 4.69) is 20.6 Å². The molecule has 2 heterocycles. The lowest BCUT2D eigenvalue weighted by Gasteiger charge is -2.05. The number of nitrogens with one attached hydrogen (secondary N) is 3. The van der Waals surface area contributed by atoms with Crippen molar-refractivity contribution in [2.24, 2.45) is 0 Å². The van der Waals surface area contributed by atoms with Gasteiger partial charge in [0.15, 0.2) is 0 Å². The number of rotatable bonds is 6. The molecule has 21 heavy (non-hydrogen) atoms. The van der Waals surface area contributed by atoms with E-state index in [0.29, 0.717) is 37.3 Å². The van der Waals surface area contributed by atoms with Crippen molar-refractivity contribution in [3.8, 4) is 0 Å². The van der Waals surface area contributed by atoms with Crippen LogP contribution in [-0.2, 0) is 11.3 Å². The topological polar surface area (TPSA) is 86.9 Å². The van der Waals surface area contributed by atoms with Crippen LogP contribution in [0, 0.1) is 13.8 Å². The van der Waals surface area contributed by atoms with Gasteiger partial charge in [-0.15, -0.1) is 11.3 Å². The van der Waals surface area contributed by atoms with Gasteiger partial charge < -0.3 is 15.6 Å². The van der Waals surface area contributed by atoms with E-state index in [-0.39, 0.29) is 11.5 Å². The van der Waals surface area contributed by atoms with Gasteiger partial charge in [0.1, 0.15) is 10.7 Å². The molecule has 0 aliphatic heterocycles. The van der Waals surface area contributed by atoms with Gasteiger partial charge in [0.25, 0.3) is 5.56 Å². The SMILES string of the molecule is CCNC(=O)CCNCc1nc2sc(C)c(C)c2c(=O)[nH]1. The Kier molecular flexibility index (Phi) is 5.08. The van der Waals surface area contributed by atoms with Crippen LogP contribution in [-0.4, -0.2) is 29.0 Å². The molecule has 0 radical (unpaired) electrons. The first-order valence-electron chi connectivity index (χ1n) is 6.99. The van der Waals surface area contributed by atoms with Crippen molar-refractivity contribution in [1.82, 2.24) is 20.6 Å². The Morgan fingerprint density at radius 2 is 2.14 bits per heavy atom. The molecule has 3 N–H and O–H groups in total. The molecule has 0 atom stereocenters. The molecule has 0 saturated carbocycles. The molecule has 1 amide bonds. The maximum absolute atomic E-state index is 12.1. The molecule has 0 saturated heterocycles. The highest BCUT2D eigenvalue weighted by molar-refractivity contribution is 7.18. The Bertz CT molecular complexity index is 705. The molecule has 0 unspecified atom stereocenters. The van der Waals surface area contributed by atoms with Crippen LogP contribution in [0.15, 0.2) is 4.79 Å². The molecule has 2 aromatic rings. The second kappa shape index (κ2) is 6.82. The minimum absolute atomic E-state index is 0.0198. The van der Waals surface area contributed by atoms with Gasteiger partial charge in [0.05, 0.1) is 11.9 Å². The van der Waals surface area contributed by atoms with Gasteiger partial charge in [-0.05, 0) is 26.3 Å². The molecule has 0 fully saturated rings. The molecule has 0 aromatic carbocycles. The third-order valence-electron chi connectivity index (χ3n) is 3.28. The van der Waals surface area contributed by atoms with Crippen LogP contribution in [0.25, 0.3) is 10.2 Å². The van der Waals surface area contributed by atoms with Crippen LogP contribution in [0.5, 0.6) is 0 Å². The number of amides is 1. The molecular formula is C14H20N4O2S. The summed E-state index contributed by atoms with van der Waals surface area (Å²) in [6.45, 7) is 7.46. The van der Waals surface area contributed by atoms with Crippen molar-refractivity contribution in [2.45, 2.75) is 33.7 Å². The lowest BCUT2D eigenvalue weighted by atomic mass is 10.2.